The Labute approximate surface area is 186 Å². The number of benzene rings is 2. The molecule has 31 heavy (non-hydrogen) atoms. The number of pyridine rings is 2. The van der Waals surface area contributed by atoms with Gasteiger partial charge in [-0.05, 0) is 73.2 Å². The number of hydrogen-bond donors (Lipinski definition) is 1. The predicted octanol–water partition coefficient (Wildman–Crippen LogP) is 7.14. The molecule has 0 fully saturated rings. The van der Waals surface area contributed by atoms with Crippen LogP contribution in [-0.2, 0) is 12.8 Å². The maximum Gasteiger partial charge on any atom is 0.141 e. The van der Waals surface area contributed by atoms with Gasteiger partial charge in [-0.2, -0.15) is 0 Å². The lowest BCUT2D eigenvalue weighted by Crippen LogP contribution is -2.05. The first-order valence-corrected chi connectivity index (χ1v) is 10.7. The molecule has 0 saturated carbocycles. The molecule has 2 aromatic heterocycles. The zero-order chi connectivity index (χ0) is 21.4. The normalized spacial score (nSPS) is 12.6. The Morgan fingerprint density at radius 1 is 0.968 bits per heavy atom. The fourth-order valence-electron chi connectivity index (χ4n) is 4.21. The van der Waals surface area contributed by atoms with Gasteiger partial charge in [-0.3, -0.25) is 4.98 Å². The largest absolute Gasteiger partial charge is 0.340 e. The van der Waals surface area contributed by atoms with Gasteiger partial charge in [-0.1, -0.05) is 47.5 Å². The van der Waals surface area contributed by atoms with Crippen LogP contribution in [0, 0.1) is 12.7 Å². The van der Waals surface area contributed by atoms with Crippen molar-refractivity contribution >= 4 is 23.1 Å². The second kappa shape index (κ2) is 8.12. The van der Waals surface area contributed by atoms with E-state index in [0.717, 1.165) is 47.6 Å². The molecule has 0 saturated heterocycles. The Morgan fingerprint density at radius 2 is 1.77 bits per heavy atom. The number of fused-ring (bicyclic) bond motifs is 1. The van der Waals surface area contributed by atoms with Gasteiger partial charge in [-0.25, -0.2) is 9.37 Å². The average Bonchev–Trinajstić information content (AvgIpc) is 3.27. The molecule has 0 spiro atoms. The van der Waals surface area contributed by atoms with Crippen LogP contribution in [0.25, 0.3) is 22.5 Å². The maximum atomic E-state index is 13.7. The summed E-state index contributed by atoms with van der Waals surface area (Å²) in [6, 6.07) is 19.0. The average molecular weight is 430 g/mol. The van der Waals surface area contributed by atoms with E-state index in [1.807, 2.05) is 18.2 Å². The molecule has 0 bridgehead atoms. The van der Waals surface area contributed by atoms with E-state index >= 15 is 0 Å². The first kappa shape index (κ1) is 19.7. The van der Waals surface area contributed by atoms with Crippen LogP contribution in [0.4, 0.5) is 15.9 Å². The summed E-state index contributed by atoms with van der Waals surface area (Å²) < 4.78 is 13.7. The van der Waals surface area contributed by atoms with Gasteiger partial charge in [0.25, 0.3) is 0 Å². The number of nitrogens with zero attached hydrogens (tertiary/aromatic N) is 2. The van der Waals surface area contributed by atoms with Crippen molar-refractivity contribution < 1.29 is 4.39 Å². The molecular weight excluding hydrogens is 409 g/mol. The molecule has 1 aliphatic carbocycles. The summed E-state index contributed by atoms with van der Waals surface area (Å²) in [6.07, 6.45) is 4.84. The molecule has 5 heteroatoms. The molecule has 3 nitrogen and oxygen atoms in total. The first-order chi connectivity index (χ1) is 15.1. The van der Waals surface area contributed by atoms with E-state index in [1.165, 1.54) is 22.8 Å². The monoisotopic (exact) mass is 429 g/mol. The predicted molar refractivity (Wildman–Crippen MR) is 124 cm³/mol. The number of anilines is 2. The summed E-state index contributed by atoms with van der Waals surface area (Å²) in [6.45, 7) is 2.08. The molecule has 4 aromatic rings. The first-order valence-electron chi connectivity index (χ1n) is 10.4. The Hall–Kier alpha value is -3.24. The molecule has 2 aromatic carbocycles. The highest BCUT2D eigenvalue weighted by atomic mass is 35.5. The van der Waals surface area contributed by atoms with Gasteiger partial charge in [0, 0.05) is 17.4 Å². The van der Waals surface area contributed by atoms with E-state index < -0.39 is 5.82 Å². The third kappa shape index (κ3) is 3.79. The minimum absolute atomic E-state index is 0.0768. The van der Waals surface area contributed by atoms with Crippen molar-refractivity contribution in [1.82, 2.24) is 9.97 Å². The Balaban J connectivity index is 1.73. The van der Waals surface area contributed by atoms with E-state index in [4.69, 9.17) is 16.6 Å². The standard InChI is InChI=1S/C26H21ClFN3/c1-16-8-10-17(11-9-16)24-19-5-4-6-20(19)25(23-7-2-3-14-29-23)31-26(24)30-18-12-13-22(28)21(27)15-18/h2-3,7-15H,4-6H2,1H3,(H,30,31). The van der Waals surface area contributed by atoms with Crippen molar-refractivity contribution in [1.29, 1.82) is 0 Å². The highest BCUT2D eigenvalue weighted by Gasteiger charge is 2.25. The minimum Gasteiger partial charge on any atom is -0.340 e. The lowest BCUT2D eigenvalue weighted by atomic mass is 9.95. The summed E-state index contributed by atoms with van der Waals surface area (Å²) in [5.41, 5.74) is 8.42. The number of rotatable bonds is 4. The number of aryl methyl sites for hydroxylation is 1. The van der Waals surface area contributed by atoms with E-state index in [2.05, 4.69) is 41.5 Å². The van der Waals surface area contributed by atoms with E-state index in [-0.39, 0.29) is 5.02 Å². The molecule has 5 rings (SSSR count). The zero-order valence-corrected chi connectivity index (χ0v) is 17.9. The molecule has 0 amide bonds. The lowest BCUT2D eigenvalue weighted by Gasteiger charge is -2.19. The van der Waals surface area contributed by atoms with Crippen molar-refractivity contribution in [3.8, 4) is 22.5 Å². The van der Waals surface area contributed by atoms with Gasteiger partial charge in [0.15, 0.2) is 0 Å². The third-order valence-corrected chi connectivity index (χ3v) is 5.99. The summed E-state index contributed by atoms with van der Waals surface area (Å²) in [4.78, 5) is 9.60. The van der Waals surface area contributed by atoms with Gasteiger partial charge in [-0.15, -0.1) is 0 Å². The molecule has 0 unspecified atom stereocenters. The van der Waals surface area contributed by atoms with Crippen LogP contribution in [-0.4, -0.2) is 9.97 Å². The van der Waals surface area contributed by atoms with Crippen molar-refractivity contribution in [3.63, 3.8) is 0 Å². The minimum atomic E-state index is -0.443. The number of aromatic nitrogens is 2. The zero-order valence-electron chi connectivity index (χ0n) is 17.1. The van der Waals surface area contributed by atoms with Crippen LogP contribution in [0.5, 0.6) is 0 Å². The van der Waals surface area contributed by atoms with Crippen LogP contribution >= 0.6 is 11.6 Å². The van der Waals surface area contributed by atoms with Gasteiger partial charge in [0.05, 0.1) is 16.4 Å². The highest BCUT2D eigenvalue weighted by molar-refractivity contribution is 6.31. The second-order valence-electron chi connectivity index (χ2n) is 7.83. The number of halogens is 2. The molecule has 0 atom stereocenters. The molecule has 154 valence electrons. The van der Waals surface area contributed by atoms with Crippen molar-refractivity contribution in [2.24, 2.45) is 0 Å². The topological polar surface area (TPSA) is 37.8 Å². The van der Waals surface area contributed by atoms with Gasteiger partial charge in [0.2, 0.25) is 0 Å². The van der Waals surface area contributed by atoms with E-state index in [0.29, 0.717) is 5.69 Å². The van der Waals surface area contributed by atoms with Crippen molar-refractivity contribution in [2.45, 2.75) is 26.2 Å². The molecule has 1 N–H and O–H groups in total. The molecule has 2 heterocycles. The van der Waals surface area contributed by atoms with Gasteiger partial charge >= 0.3 is 0 Å². The summed E-state index contributed by atoms with van der Waals surface area (Å²) in [5.74, 6) is 0.287. The number of hydrogen-bond acceptors (Lipinski definition) is 3. The Morgan fingerprint density at radius 3 is 2.52 bits per heavy atom. The quantitative estimate of drug-likeness (QED) is 0.374. The van der Waals surface area contributed by atoms with Gasteiger partial charge in [0.1, 0.15) is 11.6 Å². The van der Waals surface area contributed by atoms with Crippen LogP contribution < -0.4 is 5.32 Å². The molecule has 1 aliphatic rings. The van der Waals surface area contributed by atoms with Crippen LogP contribution in [0.2, 0.25) is 5.02 Å². The third-order valence-electron chi connectivity index (χ3n) is 5.70. The van der Waals surface area contributed by atoms with E-state index in [1.54, 1.807) is 18.3 Å². The van der Waals surface area contributed by atoms with Crippen LogP contribution in [0.1, 0.15) is 23.1 Å². The van der Waals surface area contributed by atoms with E-state index in [9.17, 15) is 4.39 Å². The molecule has 0 radical (unpaired) electrons. The fourth-order valence-corrected chi connectivity index (χ4v) is 4.39. The summed E-state index contributed by atoms with van der Waals surface area (Å²) in [7, 11) is 0. The van der Waals surface area contributed by atoms with Crippen molar-refractivity contribution in [2.75, 3.05) is 5.32 Å². The Bertz CT molecular complexity index is 1250. The fraction of sp³-hybridized carbons (Fsp3) is 0.154. The van der Waals surface area contributed by atoms with Crippen molar-refractivity contribution in [3.05, 3.63) is 94.4 Å². The SMILES string of the molecule is Cc1ccc(-c2c(Nc3ccc(F)c(Cl)c3)nc(-c3ccccn3)c3c2CCC3)cc1. The number of nitrogens with one attached hydrogen (secondary N) is 1. The summed E-state index contributed by atoms with van der Waals surface area (Å²) >= 11 is 6.03. The highest BCUT2D eigenvalue weighted by Crippen LogP contribution is 2.42. The lowest BCUT2D eigenvalue weighted by molar-refractivity contribution is 0.628. The van der Waals surface area contributed by atoms with Crippen LogP contribution in [0.15, 0.2) is 66.9 Å². The summed E-state index contributed by atoms with van der Waals surface area (Å²) in [5, 5.41) is 3.48. The Kier molecular flexibility index (Phi) is 5.16. The maximum absolute atomic E-state index is 13.7. The van der Waals surface area contributed by atoms with Gasteiger partial charge < -0.3 is 5.32 Å². The van der Waals surface area contributed by atoms with Crippen LogP contribution in [0.3, 0.4) is 0 Å². The molecule has 0 aliphatic heterocycles. The molecular formula is C26H21ClFN3. The second-order valence-corrected chi connectivity index (χ2v) is 8.24. The smallest absolute Gasteiger partial charge is 0.141 e.